The number of anilines is 2. The monoisotopic (exact) mass is 499 g/mol. The zero-order valence-corrected chi connectivity index (χ0v) is 21.8. The Morgan fingerprint density at radius 3 is 2.00 bits per heavy atom. The molecule has 0 aromatic heterocycles. The molecule has 1 aliphatic carbocycles. The second-order valence-electron chi connectivity index (χ2n) is 9.81. The highest BCUT2D eigenvalue weighted by Gasteiger charge is 2.31. The number of fused-ring (bicyclic) bond motifs is 3. The lowest BCUT2D eigenvalue weighted by Crippen LogP contribution is -2.49. The van der Waals surface area contributed by atoms with Crippen LogP contribution in [0, 0.1) is 20.8 Å². The van der Waals surface area contributed by atoms with Crippen LogP contribution in [0.5, 0.6) is 0 Å². The van der Waals surface area contributed by atoms with Gasteiger partial charge in [-0.3, -0.25) is 0 Å². The van der Waals surface area contributed by atoms with Gasteiger partial charge in [0.1, 0.15) is 6.61 Å². The maximum Gasteiger partial charge on any atom is 0.409 e. The number of ether oxygens (including phenoxy) is 1. The molecule has 2 aliphatic rings. The number of carboxylic acids is 1. The summed E-state index contributed by atoms with van der Waals surface area (Å²) in [5, 5.41) is 13.0. The van der Waals surface area contributed by atoms with Gasteiger partial charge in [0.25, 0.3) is 0 Å². The number of hydrogen-bond acceptors (Lipinski definition) is 5. The van der Waals surface area contributed by atoms with E-state index in [2.05, 4.69) is 34.5 Å². The maximum absolute atomic E-state index is 13.0. The summed E-state index contributed by atoms with van der Waals surface area (Å²) in [5.74, 6) is -0.894. The predicted octanol–water partition coefficient (Wildman–Crippen LogP) is 5.42. The molecule has 0 bridgehead atoms. The Hall–Kier alpha value is -4.00. The molecule has 3 aromatic rings. The van der Waals surface area contributed by atoms with E-state index < -0.39 is 5.97 Å². The predicted molar refractivity (Wildman–Crippen MR) is 146 cm³/mol. The molecule has 1 saturated heterocycles. The van der Waals surface area contributed by atoms with Gasteiger partial charge in [0.2, 0.25) is 0 Å². The summed E-state index contributed by atoms with van der Waals surface area (Å²) in [4.78, 5) is 29.0. The van der Waals surface area contributed by atoms with Gasteiger partial charge >= 0.3 is 12.1 Å². The van der Waals surface area contributed by atoms with Gasteiger partial charge in [0, 0.05) is 50.5 Å². The van der Waals surface area contributed by atoms with E-state index in [0.29, 0.717) is 38.3 Å². The fraction of sp³-hybridized carbons (Fsp3) is 0.333. The molecular formula is C30H33N3O4. The number of carbonyl (C=O) groups excluding carboxylic acids is 1. The summed E-state index contributed by atoms with van der Waals surface area (Å²) >= 11 is 0. The lowest BCUT2D eigenvalue weighted by Gasteiger charge is -2.38. The number of nitrogens with zero attached hydrogens (tertiary/aromatic N) is 2. The minimum absolute atomic E-state index is 0.0323. The van der Waals surface area contributed by atoms with Crippen LogP contribution in [-0.4, -0.2) is 61.9 Å². The second kappa shape index (κ2) is 9.81. The minimum Gasteiger partial charge on any atom is -0.478 e. The molecule has 3 aromatic carbocycles. The Labute approximate surface area is 217 Å². The lowest BCUT2D eigenvalue weighted by atomic mass is 9.93. The van der Waals surface area contributed by atoms with Crippen LogP contribution in [0.4, 0.5) is 16.2 Å². The quantitative estimate of drug-likeness (QED) is 0.488. The molecule has 0 saturated carbocycles. The minimum atomic E-state index is -0.926. The van der Waals surface area contributed by atoms with Gasteiger partial charge in [0.15, 0.2) is 0 Å². The Morgan fingerprint density at radius 1 is 0.892 bits per heavy atom. The standard InChI is InChI=1S/C30H33N3O4/c1-18-26(29(34)35)19(2)28(20(3)27(18)31-4)32-13-15-33(16-14-32)30(36)37-17-25-23-11-7-5-9-21(23)22-10-6-8-12-24(22)25/h5-12,25,31H,13-17H2,1-4H3,(H,34,35). The maximum atomic E-state index is 13.0. The number of rotatable bonds is 5. The largest absolute Gasteiger partial charge is 0.478 e. The van der Waals surface area contributed by atoms with E-state index in [9.17, 15) is 14.7 Å². The molecule has 0 radical (unpaired) electrons. The Balaban J connectivity index is 1.28. The third-order valence-corrected chi connectivity index (χ3v) is 7.86. The average molecular weight is 500 g/mol. The molecule has 7 heteroatoms. The Morgan fingerprint density at radius 2 is 1.46 bits per heavy atom. The summed E-state index contributed by atoms with van der Waals surface area (Å²) in [5.41, 5.74) is 9.44. The average Bonchev–Trinajstić information content (AvgIpc) is 3.21. The molecule has 2 N–H and O–H groups in total. The second-order valence-corrected chi connectivity index (χ2v) is 9.81. The van der Waals surface area contributed by atoms with E-state index in [1.54, 1.807) is 4.90 Å². The first kappa shape index (κ1) is 24.7. The molecular weight excluding hydrogens is 466 g/mol. The van der Waals surface area contributed by atoms with Crippen molar-refractivity contribution in [3.8, 4) is 11.1 Å². The van der Waals surface area contributed by atoms with Crippen LogP contribution < -0.4 is 10.2 Å². The summed E-state index contributed by atoms with van der Waals surface area (Å²) in [6.07, 6.45) is -0.305. The van der Waals surface area contributed by atoms with Crippen molar-refractivity contribution in [2.75, 3.05) is 50.1 Å². The molecule has 0 unspecified atom stereocenters. The molecule has 1 aliphatic heterocycles. The van der Waals surface area contributed by atoms with Gasteiger partial charge in [-0.05, 0) is 59.7 Å². The molecule has 37 heavy (non-hydrogen) atoms. The van der Waals surface area contributed by atoms with Crippen LogP contribution in [0.25, 0.3) is 11.1 Å². The SMILES string of the molecule is CNc1c(C)c(C(=O)O)c(C)c(N2CCN(C(=O)OCC3c4ccccc4-c4ccccc43)CC2)c1C. The topological polar surface area (TPSA) is 82.1 Å². The van der Waals surface area contributed by atoms with Crippen LogP contribution in [0.3, 0.4) is 0 Å². The van der Waals surface area contributed by atoms with Crippen molar-refractivity contribution >= 4 is 23.4 Å². The third-order valence-electron chi connectivity index (χ3n) is 7.86. The van der Waals surface area contributed by atoms with E-state index in [1.807, 2.05) is 52.1 Å². The Bertz CT molecular complexity index is 1330. The van der Waals surface area contributed by atoms with E-state index in [-0.39, 0.29) is 12.0 Å². The van der Waals surface area contributed by atoms with Crippen molar-refractivity contribution in [3.05, 3.63) is 81.9 Å². The van der Waals surface area contributed by atoms with Crippen molar-refractivity contribution in [1.82, 2.24) is 4.90 Å². The fourth-order valence-electron chi connectivity index (χ4n) is 6.17. The molecule has 1 fully saturated rings. The lowest BCUT2D eigenvalue weighted by molar-refractivity contribution is 0.0695. The summed E-state index contributed by atoms with van der Waals surface area (Å²) < 4.78 is 5.85. The van der Waals surface area contributed by atoms with Crippen molar-refractivity contribution in [1.29, 1.82) is 0 Å². The summed E-state index contributed by atoms with van der Waals surface area (Å²) in [7, 11) is 1.81. The number of hydrogen-bond donors (Lipinski definition) is 2. The summed E-state index contributed by atoms with van der Waals surface area (Å²) in [6, 6.07) is 16.6. The van der Waals surface area contributed by atoms with Gasteiger partial charge in [0.05, 0.1) is 5.56 Å². The molecule has 192 valence electrons. The zero-order valence-electron chi connectivity index (χ0n) is 21.8. The van der Waals surface area contributed by atoms with Crippen LogP contribution in [0.1, 0.15) is 44.1 Å². The zero-order chi connectivity index (χ0) is 26.3. The van der Waals surface area contributed by atoms with E-state index in [0.717, 1.165) is 28.1 Å². The van der Waals surface area contributed by atoms with E-state index in [4.69, 9.17) is 4.74 Å². The number of carboxylic acid groups (broad SMARTS) is 1. The Kier molecular flexibility index (Phi) is 6.54. The number of benzene rings is 3. The van der Waals surface area contributed by atoms with Gasteiger partial charge < -0.3 is 25.0 Å². The number of nitrogens with one attached hydrogen (secondary N) is 1. The van der Waals surface area contributed by atoms with Gasteiger partial charge in [-0.15, -0.1) is 0 Å². The van der Waals surface area contributed by atoms with E-state index in [1.165, 1.54) is 22.3 Å². The highest BCUT2D eigenvalue weighted by atomic mass is 16.6. The van der Waals surface area contributed by atoms with Crippen LogP contribution in [0.2, 0.25) is 0 Å². The number of amides is 1. The highest BCUT2D eigenvalue weighted by molar-refractivity contribution is 5.96. The van der Waals surface area contributed by atoms with Gasteiger partial charge in [-0.1, -0.05) is 48.5 Å². The van der Waals surface area contributed by atoms with Gasteiger partial charge in [-0.2, -0.15) is 0 Å². The number of piperazine rings is 1. The van der Waals surface area contributed by atoms with E-state index >= 15 is 0 Å². The first-order chi connectivity index (χ1) is 17.8. The number of carbonyl (C=O) groups is 2. The van der Waals surface area contributed by atoms with Crippen LogP contribution >= 0.6 is 0 Å². The van der Waals surface area contributed by atoms with Crippen molar-refractivity contribution in [2.24, 2.45) is 0 Å². The first-order valence-electron chi connectivity index (χ1n) is 12.7. The van der Waals surface area contributed by atoms with Crippen molar-refractivity contribution in [3.63, 3.8) is 0 Å². The fourth-order valence-corrected chi connectivity index (χ4v) is 6.17. The molecule has 0 atom stereocenters. The van der Waals surface area contributed by atoms with Crippen molar-refractivity contribution < 1.29 is 19.4 Å². The molecule has 0 spiro atoms. The van der Waals surface area contributed by atoms with Crippen LogP contribution in [-0.2, 0) is 4.74 Å². The molecule has 1 heterocycles. The highest BCUT2D eigenvalue weighted by Crippen LogP contribution is 2.44. The smallest absolute Gasteiger partial charge is 0.409 e. The summed E-state index contributed by atoms with van der Waals surface area (Å²) in [6.45, 7) is 8.28. The molecule has 1 amide bonds. The molecule has 5 rings (SSSR count). The normalized spacial score (nSPS) is 14.8. The van der Waals surface area contributed by atoms with Crippen molar-refractivity contribution in [2.45, 2.75) is 26.7 Å². The van der Waals surface area contributed by atoms with Crippen LogP contribution in [0.15, 0.2) is 48.5 Å². The van der Waals surface area contributed by atoms with Gasteiger partial charge in [-0.25, -0.2) is 9.59 Å². The third kappa shape index (κ3) is 4.18. The number of aromatic carboxylic acids is 1. The first-order valence-corrected chi connectivity index (χ1v) is 12.7. The molecule has 7 nitrogen and oxygen atoms in total.